The highest BCUT2D eigenvalue weighted by Crippen LogP contribution is 2.32. The lowest BCUT2D eigenvalue weighted by atomic mass is 10.0. The standard InChI is InChI=1S/C30H34N6O/c1-4-36-13-5-6-24(36)18-37-25-11-9-20-15-22(8-7-21(20)16-25)29-26-17-23(10-12-27(26)32-34-29)30-31-28(33-35-30)14-19(2)3/h7-12,15-17,19,24H,4-6,13-14,18H2,1-3H3,(H,32,34)(H,31,33,35)/t24-/m0/s1. The number of benzene rings is 3. The molecule has 0 spiro atoms. The van der Waals surface area contributed by atoms with Crippen molar-refractivity contribution in [2.75, 3.05) is 19.7 Å². The van der Waals surface area contributed by atoms with E-state index in [0.717, 1.165) is 64.7 Å². The Labute approximate surface area is 217 Å². The van der Waals surface area contributed by atoms with Gasteiger partial charge in [-0.05, 0) is 79.0 Å². The van der Waals surface area contributed by atoms with Crippen molar-refractivity contribution < 1.29 is 4.74 Å². The number of likely N-dealkylation sites (tertiary alicyclic amines) is 1. The van der Waals surface area contributed by atoms with Crippen molar-refractivity contribution in [3.05, 3.63) is 60.4 Å². The molecule has 0 aliphatic carbocycles. The van der Waals surface area contributed by atoms with Gasteiger partial charge in [0.15, 0.2) is 11.6 Å². The van der Waals surface area contributed by atoms with Crippen LogP contribution in [0.4, 0.5) is 0 Å². The molecule has 0 saturated carbocycles. The second-order valence-electron chi connectivity index (χ2n) is 10.5. The van der Waals surface area contributed by atoms with E-state index in [1.54, 1.807) is 0 Å². The van der Waals surface area contributed by atoms with Gasteiger partial charge in [0.2, 0.25) is 0 Å². The molecule has 0 amide bonds. The smallest absolute Gasteiger partial charge is 0.155 e. The highest BCUT2D eigenvalue weighted by molar-refractivity contribution is 5.97. The first-order valence-corrected chi connectivity index (χ1v) is 13.4. The van der Waals surface area contributed by atoms with Crippen LogP contribution in [-0.2, 0) is 6.42 Å². The van der Waals surface area contributed by atoms with Crippen molar-refractivity contribution in [2.24, 2.45) is 5.92 Å². The van der Waals surface area contributed by atoms with E-state index in [2.05, 4.69) is 101 Å². The number of nitrogens with one attached hydrogen (secondary N) is 2. The van der Waals surface area contributed by atoms with Crippen LogP contribution in [0.3, 0.4) is 0 Å². The molecular weight excluding hydrogens is 460 g/mol. The zero-order valence-corrected chi connectivity index (χ0v) is 21.8. The second kappa shape index (κ2) is 9.98. The average molecular weight is 495 g/mol. The van der Waals surface area contributed by atoms with Crippen LogP contribution in [-0.4, -0.2) is 56.0 Å². The summed E-state index contributed by atoms with van der Waals surface area (Å²) in [5.41, 5.74) is 4.01. The van der Waals surface area contributed by atoms with Gasteiger partial charge in [-0.1, -0.05) is 39.0 Å². The lowest BCUT2D eigenvalue weighted by molar-refractivity contribution is 0.179. The number of hydrogen-bond donors (Lipinski definition) is 2. The largest absolute Gasteiger partial charge is 0.492 e. The summed E-state index contributed by atoms with van der Waals surface area (Å²) in [5, 5.41) is 18.7. The van der Waals surface area contributed by atoms with Crippen LogP contribution in [0.5, 0.6) is 5.75 Å². The topological polar surface area (TPSA) is 82.7 Å². The Kier molecular flexibility index (Phi) is 6.38. The Morgan fingerprint density at radius 2 is 1.81 bits per heavy atom. The molecule has 1 saturated heterocycles. The predicted octanol–water partition coefficient (Wildman–Crippen LogP) is 6.23. The minimum absolute atomic E-state index is 0.515. The average Bonchev–Trinajstić information content (AvgIpc) is 3.66. The van der Waals surface area contributed by atoms with E-state index in [4.69, 9.17) is 9.72 Å². The number of aromatic nitrogens is 5. The SMILES string of the molecule is CCN1CCC[C@H]1COc1ccc2cc(-c3n[nH]c4ccc(-c5nc(CC(C)C)n[nH]5)cc34)ccc2c1. The van der Waals surface area contributed by atoms with Gasteiger partial charge in [-0.3, -0.25) is 15.1 Å². The first-order chi connectivity index (χ1) is 18.1. The van der Waals surface area contributed by atoms with Crippen LogP contribution >= 0.6 is 0 Å². The fourth-order valence-electron chi connectivity index (χ4n) is 5.42. The third-order valence-corrected chi connectivity index (χ3v) is 7.39. The number of ether oxygens (including phenoxy) is 1. The number of likely N-dealkylation sites (N-methyl/N-ethyl adjacent to an activating group) is 1. The zero-order chi connectivity index (χ0) is 25.4. The van der Waals surface area contributed by atoms with E-state index in [1.165, 1.54) is 30.2 Å². The number of fused-ring (bicyclic) bond motifs is 2. The lowest BCUT2D eigenvalue weighted by Crippen LogP contribution is -2.33. The van der Waals surface area contributed by atoms with Crippen LogP contribution in [0.25, 0.3) is 44.3 Å². The fraction of sp³-hybridized carbons (Fsp3) is 0.367. The van der Waals surface area contributed by atoms with E-state index >= 15 is 0 Å². The molecule has 6 rings (SSSR count). The Hall–Kier alpha value is -3.71. The molecule has 3 aromatic carbocycles. The van der Waals surface area contributed by atoms with Gasteiger partial charge >= 0.3 is 0 Å². The van der Waals surface area contributed by atoms with Gasteiger partial charge < -0.3 is 4.74 Å². The second-order valence-corrected chi connectivity index (χ2v) is 10.5. The van der Waals surface area contributed by atoms with Crippen LogP contribution < -0.4 is 4.74 Å². The summed E-state index contributed by atoms with van der Waals surface area (Å²) in [6, 6.07) is 19.6. The summed E-state index contributed by atoms with van der Waals surface area (Å²) in [4.78, 5) is 7.21. The number of rotatable bonds is 8. The van der Waals surface area contributed by atoms with Gasteiger partial charge in [-0.2, -0.15) is 10.2 Å². The third-order valence-electron chi connectivity index (χ3n) is 7.39. The van der Waals surface area contributed by atoms with Crippen LogP contribution in [0.2, 0.25) is 0 Å². The van der Waals surface area contributed by atoms with Crippen LogP contribution in [0.1, 0.15) is 39.4 Å². The van der Waals surface area contributed by atoms with E-state index in [1.807, 2.05) is 0 Å². The molecule has 3 heterocycles. The van der Waals surface area contributed by atoms with Crippen LogP contribution in [0.15, 0.2) is 54.6 Å². The first-order valence-electron chi connectivity index (χ1n) is 13.4. The van der Waals surface area contributed by atoms with Crippen molar-refractivity contribution in [3.63, 3.8) is 0 Å². The summed E-state index contributed by atoms with van der Waals surface area (Å²) in [7, 11) is 0. The molecule has 1 aliphatic rings. The Balaban J connectivity index is 1.25. The Bertz CT molecular complexity index is 1530. The molecular formula is C30H34N6O. The molecule has 190 valence electrons. The summed E-state index contributed by atoms with van der Waals surface area (Å²) in [6.45, 7) is 9.61. The summed E-state index contributed by atoms with van der Waals surface area (Å²) >= 11 is 0. The van der Waals surface area contributed by atoms with E-state index < -0.39 is 0 Å². The Morgan fingerprint density at radius 1 is 0.973 bits per heavy atom. The van der Waals surface area contributed by atoms with E-state index in [9.17, 15) is 0 Å². The minimum Gasteiger partial charge on any atom is -0.492 e. The summed E-state index contributed by atoms with van der Waals surface area (Å²) in [6.07, 6.45) is 3.35. The van der Waals surface area contributed by atoms with Crippen LogP contribution in [0, 0.1) is 5.92 Å². The highest BCUT2D eigenvalue weighted by atomic mass is 16.5. The van der Waals surface area contributed by atoms with Gasteiger partial charge in [-0.25, -0.2) is 4.98 Å². The maximum absolute atomic E-state index is 6.20. The van der Waals surface area contributed by atoms with Crippen molar-refractivity contribution in [2.45, 2.75) is 46.1 Å². The fourth-order valence-corrected chi connectivity index (χ4v) is 5.42. The summed E-state index contributed by atoms with van der Waals surface area (Å²) in [5.74, 6) is 3.08. The monoisotopic (exact) mass is 494 g/mol. The van der Waals surface area contributed by atoms with Crippen molar-refractivity contribution >= 4 is 21.7 Å². The zero-order valence-electron chi connectivity index (χ0n) is 21.8. The normalized spacial score (nSPS) is 16.4. The molecule has 5 aromatic rings. The molecule has 7 heteroatoms. The molecule has 0 bridgehead atoms. The molecule has 7 nitrogen and oxygen atoms in total. The lowest BCUT2D eigenvalue weighted by Gasteiger charge is -2.22. The predicted molar refractivity (Wildman–Crippen MR) is 149 cm³/mol. The molecule has 2 N–H and O–H groups in total. The van der Waals surface area contributed by atoms with E-state index in [-0.39, 0.29) is 0 Å². The molecule has 1 atom stereocenters. The quantitative estimate of drug-likeness (QED) is 0.267. The van der Waals surface area contributed by atoms with Gasteiger partial charge in [0, 0.05) is 29.0 Å². The molecule has 1 aliphatic heterocycles. The van der Waals surface area contributed by atoms with Gasteiger partial charge in [0.25, 0.3) is 0 Å². The van der Waals surface area contributed by atoms with Crippen molar-refractivity contribution in [1.82, 2.24) is 30.3 Å². The number of hydrogen-bond acceptors (Lipinski definition) is 5. The molecule has 0 unspecified atom stereocenters. The van der Waals surface area contributed by atoms with E-state index in [0.29, 0.717) is 12.0 Å². The third kappa shape index (κ3) is 4.83. The Morgan fingerprint density at radius 3 is 2.68 bits per heavy atom. The number of nitrogens with zero attached hydrogens (tertiary/aromatic N) is 4. The van der Waals surface area contributed by atoms with Gasteiger partial charge in [0.05, 0.1) is 11.2 Å². The van der Waals surface area contributed by atoms with Crippen molar-refractivity contribution in [3.8, 4) is 28.4 Å². The van der Waals surface area contributed by atoms with Crippen molar-refractivity contribution in [1.29, 1.82) is 0 Å². The molecule has 37 heavy (non-hydrogen) atoms. The maximum Gasteiger partial charge on any atom is 0.155 e. The number of H-pyrrole nitrogens is 2. The minimum atomic E-state index is 0.515. The highest BCUT2D eigenvalue weighted by Gasteiger charge is 2.23. The maximum atomic E-state index is 6.20. The van der Waals surface area contributed by atoms with Gasteiger partial charge in [-0.15, -0.1) is 0 Å². The first kappa shape index (κ1) is 23.7. The van der Waals surface area contributed by atoms with Gasteiger partial charge in [0.1, 0.15) is 12.4 Å². The molecule has 0 radical (unpaired) electrons. The summed E-state index contributed by atoms with van der Waals surface area (Å²) < 4.78 is 6.20. The molecule has 1 fully saturated rings. The molecule has 2 aromatic heterocycles. The number of aromatic amines is 2.